The number of benzene rings is 1. The summed E-state index contributed by atoms with van der Waals surface area (Å²) in [6, 6.07) is 4.99. The molecule has 0 unspecified atom stereocenters. The first-order valence-electron chi connectivity index (χ1n) is 3.06. The summed E-state index contributed by atoms with van der Waals surface area (Å²) in [5, 5.41) is 3.84. The second-order valence-corrected chi connectivity index (χ2v) is 2.79. The summed E-state index contributed by atoms with van der Waals surface area (Å²) >= 11 is 11.4. The molecule has 0 spiro atoms. The number of halogens is 2. The molecule has 0 saturated carbocycles. The molecule has 12 heavy (non-hydrogen) atoms. The summed E-state index contributed by atoms with van der Waals surface area (Å²) in [5.74, 6) is 0. The summed E-state index contributed by atoms with van der Waals surface area (Å²) in [7, 11) is 0. The third kappa shape index (κ3) is 2.25. The van der Waals surface area contributed by atoms with Crippen LogP contribution in [0.2, 0.25) is 10.0 Å². The Balaban J connectivity index is 2.75. The maximum absolute atomic E-state index is 6.44. The Bertz CT molecular complexity index is 289. The topological polar surface area (TPSA) is 60.3 Å². The Morgan fingerprint density at radius 1 is 1.25 bits per heavy atom. The monoisotopic (exact) mass is 204 g/mol. The molecular weight excluding hydrogens is 199 g/mol. The Morgan fingerprint density at radius 3 is 2.58 bits per heavy atom. The molecule has 6 heteroatoms. The van der Waals surface area contributed by atoms with Crippen LogP contribution in [0.25, 0.3) is 0 Å². The van der Waals surface area contributed by atoms with E-state index in [-0.39, 0.29) is 0 Å². The largest absolute Gasteiger partial charge is 0.284 e. The van der Waals surface area contributed by atoms with Crippen molar-refractivity contribution in [2.24, 2.45) is 5.22 Å². The first-order chi connectivity index (χ1) is 5.74. The van der Waals surface area contributed by atoms with E-state index in [1.807, 2.05) is 0 Å². The minimum Gasteiger partial charge on any atom is -0.284 e. The van der Waals surface area contributed by atoms with Gasteiger partial charge in [0.1, 0.15) is 0 Å². The summed E-state index contributed by atoms with van der Waals surface area (Å²) in [6.07, 6.45) is 0. The highest BCUT2D eigenvalue weighted by atomic mass is 35.5. The van der Waals surface area contributed by atoms with Gasteiger partial charge in [0, 0.05) is 0 Å². The van der Waals surface area contributed by atoms with Gasteiger partial charge < -0.3 is 0 Å². The number of hydrogen-bond donors (Lipinski definition) is 3. The van der Waals surface area contributed by atoms with E-state index in [1.54, 1.807) is 18.2 Å². The van der Waals surface area contributed by atoms with E-state index in [1.165, 1.54) is 0 Å². The van der Waals surface area contributed by atoms with Crippen molar-refractivity contribution in [1.29, 1.82) is 5.53 Å². The molecule has 0 aliphatic carbocycles. The van der Waals surface area contributed by atoms with Crippen LogP contribution in [0.5, 0.6) is 0 Å². The molecule has 0 radical (unpaired) electrons. The molecule has 4 nitrogen and oxygen atoms in total. The van der Waals surface area contributed by atoms with Crippen LogP contribution in [0.1, 0.15) is 0 Å². The Labute approximate surface area is 79.3 Å². The van der Waals surface area contributed by atoms with Crippen molar-refractivity contribution in [2.75, 3.05) is 5.43 Å². The average Bonchev–Trinajstić information content (AvgIpc) is 2.07. The highest BCUT2D eigenvalue weighted by Gasteiger charge is 1.97. The molecule has 0 saturated heterocycles. The highest BCUT2D eigenvalue weighted by molar-refractivity contribution is 6.42. The second-order valence-electron chi connectivity index (χ2n) is 1.98. The number of rotatable bonds is 3. The molecule has 0 atom stereocenters. The van der Waals surface area contributed by atoms with Crippen LogP contribution < -0.4 is 11.0 Å². The highest BCUT2D eigenvalue weighted by Crippen LogP contribution is 2.24. The van der Waals surface area contributed by atoms with Crippen LogP contribution in [0.15, 0.2) is 23.4 Å². The molecule has 3 N–H and O–H groups in total. The van der Waals surface area contributed by atoms with Gasteiger partial charge in [-0.3, -0.25) is 5.43 Å². The minimum absolute atomic E-state index is 0.452. The number of hydrazine groups is 1. The van der Waals surface area contributed by atoms with Gasteiger partial charge in [0.25, 0.3) is 0 Å². The summed E-state index contributed by atoms with van der Waals surface area (Å²) in [5.41, 5.74) is 12.0. The van der Waals surface area contributed by atoms with E-state index in [0.29, 0.717) is 15.7 Å². The fourth-order valence-electron chi connectivity index (χ4n) is 0.666. The lowest BCUT2D eigenvalue weighted by atomic mass is 10.3. The van der Waals surface area contributed by atoms with Crippen molar-refractivity contribution in [3.63, 3.8) is 0 Å². The normalized spacial score (nSPS) is 9.17. The van der Waals surface area contributed by atoms with Gasteiger partial charge in [-0.2, -0.15) is 5.53 Å². The zero-order valence-electron chi connectivity index (χ0n) is 5.94. The van der Waals surface area contributed by atoms with E-state index >= 15 is 0 Å². The lowest BCUT2D eigenvalue weighted by molar-refractivity contribution is 0.770. The van der Waals surface area contributed by atoms with Crippen molar-refractivity contribution in [1.82, 2.24) is 5.53 Å². The molecule has 1 aromatic rings. The standard InChI is InChI=1S/C6H6Cl2N4/c7-5-2-1-4(3-6(5)8)10-12-11-9/h1-3H,(H2,9,12)(H,10,11). The molecule has 0 aliphatic rings. The number of hydrogen-bond acceptors (Lipinski definition) is 3. The van der Waals surface area contributed by atoms with Crippen molar-refractivity contribution in [2.45, 2.75) is 0 Å². The first kappa shape index (κ1) is 9.09. The van der Waals surface area contributed by atoms with Crippen LogP contribution in [-0.2, 0) is 0 Å². The first-order valence-corrected chi connectivity index (χ1v) is 3.82. The lowest BCUT2D eigenvalue weighted by Gasteiger charge is -2.03. The van der Waals surface area contributed by atoms with Gasteiger partial charge in [-0.1, -0.05) is 28.4 Å². The number of nitrogens with one attached hydrogen (secondary N) is 3. The Morgan fingerprint density at radius 2 is 2.00 bits per heavy atom. The van der Waals surface area contributed by atoms with Crippen molar-refractivity contribution in [3.05, 3.63) is 28.2 Å². The van der Waals surface area contributed by atoms with Gasteiger partial charge in [-0.15, -0.1) is 0 Å². The van der Waals surface area contributed by atoms with Gasteiger partial charge in [-0.05, 0) is 18.2 Å². The minimum atomic E-state index is 0.452. The summed E-state index contributed by atoms with van der Waals surface area (Å²) in [6.45, 7) is 0. The van der Waals surface area contributed by atoms with E-state index in [0.717, 1.165) is 0 Å². The van der Waals surface area contributed by atoms with Crippen LogP contribution in [0.4, 0.5) is 5.69 Å². The second kappa shape index (κ2) is 4.13. The van der Waals surface area contributed by atoms with Gasteiger partial charge in [0.05, 0.1) is 15.7 Å². The molecule has 1 aromatic carbocycles. The zero-order chi connectivity index (χ0) is 8.97. The maximum atomic E-state index is 6.44. The molecule has 0 bridgehead atoms. The average molecular weight is 205 g/mol. The molecule has 0 fully saturated rings. The third-order valence-electron chi connectivity index (χ3n) is 1.18. The molecule has 0 aliphatic heterocycles. The molecule has 0 aromatic heterocycles. The van der Waals surface area contributed by atoms with Crippen LogP contribution in [0, 0.1) is 5.53 Å². The molecule has 64 valence electrons. The maximum Gasteiger partial charge on any atom is 0.0613 e. The molecule has 0 heterocycles. The Kier molecular flexibility index (Phi) is 3.13. The van der Waals surface area contributed by atoms with Crippen molar-refractivity contribution in [3.8, 4) is 0 Å². The van der Waals surface area contributed by atoms with Crippen LogP contribution in [0.3, 0.4) is 0 Å². The third-order valence-corrected chi connectivity index (χ3v) is 1.91. The smallest absolute Gasteiger partial charge is 0.0613 e. The SMILES string of the molecule is N=NNNc1ccc(Cl)c(Cl)c1. The van der Waals surface area contributed by atoms with Gasteiger partial charge in [0.2, 0.25) is 0 Å². The van der Waals surface area contributed by atoms with Gasteiger partial charge in [0.15, 0.2) is 0 Å². The predicted molar refractivity (Wildman–Crippen MR) is 48.4 cm³/mol. The summed E-state index contributed by atoms with van der Waals surface area (Å²) < 4.78 is 0. The fourth-order valence-corrected chi connectivity index (χ4v) is 0.964. The van der Waals surface area contributed by atoms with E-state index in [2.05, 4.69) is 16.2 Å². The lowest BCUT2D eigenvalue weighted by Crippen LogP contribution is -2.12. The quantitative estimate of drug-likeness (QED) is 0.524. The zero-order valence-corrected chi connectivity index (χ0v) is 7.45. The van der Waals surface area contributed by atoms with Gasteiger partial charge in [-0.25, -0.2) is 5.53 Å². The molecule has 0 amide bonds. The van der Waals surface area contributed by atoms with Gasteiger partial charge >= 0.3 is 0 Å². The number of nitrogens with zero attached hydrogens (tertiary/aromatic N) is 1. The predicted octanol–water partition coefficient (Wildman–Crippen LogP) is 2.86. The van der Waals surface area contributed by atoms with E-state index in [9.17, 15) is 0 Å². The Hall–Kier alpha value is -1.000. The van der Waals surface area contributed by atoms with Crippen LogP contribution >= 0.6 is 23.2 Å². The summed E-state index contributed by atoms with van der Waals surface area (Å²) in [4.78, 5) is 0. The number of anilines is 1. The molecule has 1 rings (SSSR count). The van der Waals surface area contributed by atoms with Crippen LogP contribution in [-0.4, -0.2) is 0 Å². The van der Waals surface area contributed by atoms with Crippen molar-refractivity contribution >= 4 is 28.9 Å². The molecular formula is C6H6Cl2N4. The van der Waals surface area contributed by atoms with Crippen molar-refractivity contribution < 1.29 is 0 Å². The fraction of sp³-hybridized carbons (Fsp3) is 0. The van der Waals surface area contributed by atoms with E-state index < -0.39 is 0 Å². The van der Waals surface area contributed by atoms with E-state index in [4.69, 9.17) is 28.7 Å².